The molecule has 0 heterocycles. The number of methoxy groups -OCH3 is 1. The van der Waals surface area contributed by atoms with Crippen LogP contribution in [-0.4, -0.2) is 31.4 Å². The highest BCUT2D eigenvalue weighted by Gasteiger charge is 2.17. The maximum atomic E-state index is 11.6. The zero-order valence-corrected chi connectivity index (χ0v) is 14.5. The highest BCUT2D eigenvalue weighted by atomic mass is 32.2. The van der Waals surface area contributed by atoms with Crippen molar-refractivity contribution in [3.8, 4) is 0 Å². The summed E-state index contributed by atoms with van der Waals surface area (Å²) in [5.41, 5.74) is 1.52. The first-order valence-electron chi connectivity index (χ1n) is 7.43. The molecule has 1 aromatic carbocycles. The van der Waals surface area contributed by atoms with Gasteiger partial charge in [-0.1, -0.05) is 39.8 Å². The second kappa shape index (κ2) is 8.44. The Morgan fingerprint density at radius 3 is 2.38 bits per heavy atom. The average Bonchev–Trinajstić information content (AvgIpc) is 2.45. The molecular formula is C17H27NO2S. The Labute approximate surface area is 132 Å². The van der Waals surface area contributed by atoms with Gasteiger partial charge in [0.15, 0.2) is 0 Å². The molecule has 0 bridgehead atoms. The van der Waals surface area contributed by atoms with E-state index >= 15 is 0 Å². The third kappa shape index (κ3) is 6.10. The standard InChI is InChI=1S/C17H27NO2S/c1-6-18-15(16(19)20-5)11-12-21-14-9-7-13(8-10-14)17(2,3)4/h7-10,15,18H,6,11-12H2,1-5H3. The molecule has 0 saturated carbocycles. The maximum absolute atomic E-state index is 11.6. The van der Waals surface area contributed by atoms with E-state index in [9.17, 15) is 4.79 Å². The van der Waals surface area contributed by atoms with Crippen molar-refractivity contribution < 1.29 is 9.53 Å². The molecule has 1 rings (SSSR count). The Balaban J connectivity index is 2.49. The van der Waals surface area contributed by atoms with Gasteiger partial charge in [-0.2, -0.15) is 0 Å². The van der Waals surface area contributed by atoms with Gasteiger partial charge >= 0.3 is 5.97 Å². The summed E-state index contributed by atoms with van der Waals surface area (Å²) >= 11 is 1.77. The summed E-state index contributed by atoms with van der Waals surface area (Å²) in [6.07, 6.45) is 0.770. The van der Waals surface area contributed by atoms with Crippen LogP contribution < -0.4 is 5.32 Å². The van der Waals surface area contributed by atoms with Gasteiger partial charge in [0.05, 0.1) is 7.11 Å². The molecule has 0 aliphatic rings. The Bertz CT molecular complexity index is 437. The molecule has 118 valence electrons. The quantitative estimate of drug-likeness (QED) is 0.617. The van der Waals surface area contributed by atoms with Crippen LogP contribution in [0.5, 0.6) is 0 Å². The lowest BCUT2D eigenvalue weighted by Gasteiger charge is -2.19. The van der Waals surface area contributed by atoms with Crippen molar-refractivity contribution in [3.63, 3.8) is 0 Å². The molecule has 4 heteroatoms. The smallest absolute Gasteiger partial charge is 0.322 e. The molecule has 21 heavy (non-hydrogen) atoms. The highest BCUT2D eigenvalue weighted by Crippen LogP contribution is 2.26. The summed E-state index contributed by atoms with van der Waals surface area (Å²) in [5, 5.41) is 3.16. The van der Waals surface area contributed by atoms with Gasteiger partial charge in [0, 0.05) is 10.6 Å². The zero-order valence-electron chi connectivity index (χ0n) is 13.7. The lowest BCUT2D eigenvalue weighted by atomic mass is 9.87. The minimum atomic E-state index is -0.207. The number of hydrogen-bond acceptors (Lipinski definition) is 4. The van der Waals surface area contributed by atoms with Crippen molar-refractivity contribution in [2.24, 2.45) is 0 Å². The van der Waals surface area contributed by atoms with E-state index in [0.717, 1.165) is 18.7 Å². The number of carbonyl (C=O) groups excluding carboxylic acids is 1. The Kier molecular flexibility index (Phi) is 7.26. The van der Waals surface area contributed by atoms with E-state index in [1.54, 1.807) is 11.8 Å². The zero-order chi connectivity index (χ0) is 15.9. The number of thioether (sulfide) groups is 1. The number of benzene rings is 1. The van der Waals surface area contributed by atoms with Gasteiger partial charge in [-0.05, 0) is 36.1 Å². The van der Waals surface area contributed by atoms with Gasteiger partial charge < -0.3 is 10.1 Å². The number of carbonyl (C=O) groups is 1. The summed E-state index contributed by atoms with van der Waals surface area (Å²) < 4.78 is 4.81. The normalized spacial score (nSPS) is 13.0. The maximum Gasteiger partial charge on any atom is 0.322 e. The second-order valence-electron chi connectivity index (χ2n) is 6.04. The van der Waals surface area contributed by atoms with Crippen molar-refractivity contribution in [1.29, 1.82) is 0 Å². The third-order valence-electron chi connectivity index (χ3n) is 3.33. The topological polar surface area (TPSA) is 38.3 Å². The van der Waals surface area contributed by atoms with Crippen LogP contribution in [-0.2, 0) is 14.9 Å². The molecule has 0 fully saturated rings. The van der Waals surface area contributed by atoms with Crippen LogP contribution in [0.2, 0.25) is 0 Å². The predicted molar refractivity (Wildman–Crippen MR) is 90.0 cm³/mol. The summed E-state index contributed by atoms with van der Waals surface area (Å²) in [6, 6.07) is 8.48. The monoisotopic (exact) mass is 309 g/mol. The minimum absolute atomic E-state index is 0.180. The number of hydrogen-bond donors (Lipinski definition) is 1. The van der Waals surface area contributed by atoms with E-state index in [1.165, 1.54) is 17.6 Å². The molecule has 0 saturated heterocycles. The molecule has 0 aromatic heterocycles. The van der Waals surface area contributed by atoms with E-state index in [2.05, 4.69) is 50.4 Å². The first kappa shape index (κ1) is 18.1. The fourth-order valence-corrected chi connectivity index (χ4v) is 2.96. The van der Waals surface area contributed by atoms with E-state index in [0.29, 0.717) is 0 Å². The third-order valence-corrected chi connectivity index (χ3v) is 4.38. The van der Waals surface area contributed by atoms with Crippen LogP contribution in [0.4, 0.5) is 0 Å². The molecule has 3 nitrogen and oxygen atoms in total. The van der Waals surface area contributed by atoms with Gasteiger partial charge in [0.25, 0.3) is 0 Å². The van der Waals surface area contributed by atoms with E-state index in [1.807, 2.05) is 6.92 Å². The van der Waals surface area contributed by atoms with E-state index < -0.39 is 0 Å². The van der Waals surface area contributed by atoms with Crippen molar-refractivity contribution >= 4 is 17.7 Å². The lowest BCUT2D eigenvalue weighted by Crippen LogP contribution is -2.37. The molecule has 0 spiro atoms. The highest BCUT2D eigenvalue weighted by molar-refractivity contribution is 7.99. The first-order chi connectivity index (χ1) is 9.88. The van der Waals surface area contributed by atoms with Crippen molar-refractivity contribution in [1.82, 2.24) is 5.32 Å². The van der Waals surface area contributed by atoms with Gasteiger partial charge in [0.2, 0.25) is 0 Å². The van der Waals surface area contributed by atoms with Crippen molar-refractivity contribution in [2.45, 2.75) is 50.5 Å². The van der Waals surface area contributed by atoms with Crippen LogP contribution in [0, 0.1) is 0 Å². The summed E-state index contributed by atoms with van der Waals surface area (Å²) in [7, 11) is 1.44. The van der Waals surface area contributed by atoms with Gasteiger partial charge in [-0.15, -0.1) is 11.8 Å². The Hall–Kier alpha value is -1.00. The van der Waals surface area contributed by atoms with E-state index in [4.69, 9.17) is 4.74 Å². The number of ether oxygens (including phenoxy) is 1. The molecule has 1 N–H and O–H groups in total. The number of esters is 1. The summed E-state index contributed by atoms with van der Waals surface area (Å²) in [4.78, 5) is 12.8. The summed E-state index contributed by atoms with van der Waals surface area (Å²) in [5.74, 6) is 0.710. The molecular weight excluding hydrogens is 282 g/mol. The van der Waals surface area contributed by atoms with Gasteiger partial charge in [-0.25, -0.2) is 0 Å². The molecule has 0 aliphatic heterocycles. The molecule has 0 aliphatic carbocycles. The van der Waals surface area contributed by atoms with Crippen molar-refractivity contribution in [3.05, 3.63) is 29.8 Å². The van der Waals surface area contributed by atoms with Crippen LogP contribution in [0.25, 0.3) is 0 Å². The Morgan fingerprint density at radius 2 is 1.90 bits per heavy atom. The number of likely N-dealkylation sites (N-methyl/N-ethyl adjacent to an activating group) is 1. The first-order valence-corrected chi connectivity index (χ1v) is 8.41. The molecule has 1 aromatic rings. The van der Waals surface area contributed by atoms with Gasteiger partial charge in [0.1, 0.15) is 6.04 Å². The van der Waals surface area contributed by atoms with Crippen molar-refractivity contribution in [2.75, 3.05) is 19.4 Å². The van der Waals surface area contributed by atoms with Crippen LogP contribution in [0.1, 0.15) is 39.7 Å². The molecule has 1 unspecified atom stereocenters. The molecule has 1 atom stereocenters. The lowest BCUT2D eigenvalue weighted by molar-refractivity contribution is -0.143. The predicted octanol–water partition coefficient (Wildman–Crippen LogP) is 3.62. The Morgan fingerprint density at radius 1 is 1.29 bits per heavy atom. The molecule has 0 radical (unpaired) electrons. The van der Waals surface area contributed by atoms with Crippen LogP contribution in [0.15, 0.2) is 29.2 Å². The number of rotatable bonds is 7. The van der Waals surface area contributed by atoms with Gasteiger partial charge in [-0.3, -0.25) is 4.79 Å². The van der Waals surface area contributed by atoms with Crippen LogP contribution in [0.3, 0.4) is 0 Å². The SMILES string of the molecule is CCNC(CCSc1ccc(C(C)(C)C)cc1)C(=O)OC. The van der Waals surface area contributed by atoms with E-state index in [-0.39, 0.29) is 17.4 Å². The fraction of sp³-hybridized carbons (Fsp3) is 0.588. The average molecular weight is 309 g/mol. The van der Waals surface area contributed by atoms with Crippen LogP contribution >= 0.6 is 11.8 Å². The second-order valence-corrected chi connectivity index (χ2v) is 7.21. The minimum Gasteiger partial charge on any atom is -0.468 e. The number of nitrogens with one attached hydrogen (secondary N) is 1. The summed E-state index contributed by atoms with van der Waals surface area (Å²) in [6.45, 7) is 9.41. The fourth-order valence-electron chi connectivity index (χ4n) is 2.04. The largest absolute Gasteiger partial charge is 0.468 e. The molecule has 0 amide bonds.